The van der Waals surface area contributed by atoms with Crippen molar-refractivity contribution in [1.29, 1.82) is 0 Å². The van der Waals surface area contributed by atoms with E-state index >= 15 is 0 Å². The first-order valence-electron chi connectivity index (χ1n) is 3.29. The normalized spacial score (nSPS) is 14.6. The van der Waals surface area contributed by atoms with E-state index in [0.717, 1.165) is 15.6 Å². The molecule has 0 saturated carbocycles. The van der Waals surface area contributed by atoms with Gasteiger partial charge in [0.2, 0.25) is 0 Å². The van der Waals surface area contributed by atoms with Crippen LogP contribution >= 0.6 is 35.8 Å². The molecule has 0 saturated heterocycles. The quantitative estimate of drug-likeness (QED) is 0.515. The van der Waals surface area contributed by atoms with Gasteiger partial charge in [-0.25, -0.2) is 0 Å². The Balaban J connectivity index is 2.43. The maximum absolute atomic E-state index is 5.81. The summed E-state index contributed by atoms with van der Waals surface area (Å²) in [6.45, 7) is 0. The second kappa shape index (κ2) is 3.12. The van der Waals surface area contributed by atoms with Crippen molar-refractivity contribution in [2.75, 3.05) is 5.32 Å². The summed E-state index contributed by atoms with van der Waals surface area (Å²) < 4.78 is 2.94. The van der Waals surface area contributed by atoms with E-state index in [1.54, 1.807) is 0 Å². The number of halogens is 1. The molecule has 1 aromatic carbocycles. The second-order valence-corrected chi connectivity index (χ2v) is 3.99. The molecule has 0 unspecified atom stereocenters. The lowest BCUT2D eigenvalue weighted by atomic mass is 10.3. The van der Waals surface area contributed by atoms with Crippen molar-refractivity contribution in [2.45, 2.75) is 4.90 Å². The van der Waals surface area contributed by atoms with Gasteiger partial charge in [0.1, 0.15) is 0 Å². The Morgan fingerprint density at radius 2 is 2.25 bits per heavy atom. The van der Waals surface area contributed by atoms with Crippen LogP contribution < -0.4 is 10.0 Å². The number of hydrogen-bond acceptors (Lipinski definition) is 2. The van der Waals surface area contributed by atoms with Crippen LogP contribution in [-0.2, 0) is 0 Å². The van der Waals surface area contributed by atoms with Gasteiger partial charge in [0, 0.05) is 5.02 Å². The summed E-state index contributed by atoms with van der Waals surface area (Å²) >= 11 is 12.2. The molecule has 0 amide bonds. The molecule has 62 valence electrons. The van der Waals surface area contributed by atoms with Crippen molar-refractivity contribution in [2.24, 2.45) is 0 Å². The van der Waals surface area contributed by atoms with E-state index in [2.05, 4.69) is 10.0 Å². The van der Waals surface area contributed by atoms with Crippen LogP contribution in [-0.4, -0.2) is 5.11 Å². The fourth-order valence-electron chi connectivity index (χ4n) is 0.933. The Labute approximate surface area is 84.8 Å². The molecule has 5 heteroatoms. The van der Waals surface area contributed by atoms with Gasteiger partial charge in [-0.05, 0) is 42.4 Å². The first-order chi connectivity index (χ1) is 5.75. The van der Waals surface area contributed by atoms with Crippen LogP contribution in [0, 0.1) is 0 Å². The second-order valence-electron chi connectivity index (χ2n) is 2.30. The van der Waals surface area contributed by atoms with E-state index in [4.69, 9.17) is 23.8 Å². The summed E-state index contributed by atoms with van der Waals surface area (Å²) in [6, 6.07) is 5.64. The van der Waals surface area contributed by atoms with E-state index < -0.39 is 0 Å². The standard InChI is InChI=1S/C7H5ClN2S2/c8-4-1-2-5-6(3-4)12-10-7(11)9-5/h1-3H,(H2,9,10,11). The Morgan fingerprint density at radius 3 is 3.08 bits per heavy atom. The summed E-state index contributed by atoms with van der Waals surface area (Å²) in [6.07, 6.45) is 0. The van der Waals surface area contributed by atoms with Gasteiger partial charge in [0.25, 0.3) is 0 Å². The smallest absolute Gasteiger partial charge is 0.181 e. The third-order valence-electron chi connectivity index (χ3n) is 1.45. The minimum absolute atomic E-state index is 0.634. The zero-order valence-corrected chi connectivity index (χ0v) is 8.32. The molecule has 0 radical (unpaired) electrons. The molecule has 0 bridgehead atoms. The molecule has 0 aromatic heterocycles. The average Bonchev–Trinajstić information content (AvgIpc) is 2.05. The van der Waals surface area contributed by atoms with Crippen LogP contribution in [0.1, 0.15) is 0 Å². The number of hydrogen-bond donors (Lipinski definition) is 2. The molecule has 1 aliphatic heterocycles. The van der Waals surface area contributed by atoms with Crippen LogP contribution in [0.4, 0.5) is 5.69 Å². The molecule has 0 atom stereocenters. The highest BCUT2D eigenvalue weighted by Crippen LogP contribution is 2.30. The van der Waals surface area contributed by atoms with Crippen molar-refractivity contribution in [3.63, 3.8) is 0 Å². The molecule has 1 heterocycles. The molecule has 2 N–H and O–H groups in total. The average molecular weight is 217 g/mol. The van der Waals surface area contributed by atoms with E-state index in [1.165, 1.54) is 11.9 Å². The first kappa shape index (κ1) is 8.16. The number of nitrogens with one attached hydrogen (secondary N) is 2. The van der Waals surface area contributed by atoms with E-state index in [9.17, 15) is 0 Å². The minimum atomic E-state index is 0.634. The molecule has 0 fully saturated rings. The van der Waals surface area contributed by atoms with Gasteiger partial charge in [-0.3, -0.25) is 0 Å². The van der Waals surface area contributed by atoms with Gasteiger partial charge in [-0.15, -0.1) is 0 Å². The molecule has 2 rings (SSSR count). The number of anilines is 1. The van der Waals surface area contributed by atoms with E-state index in [0.29, 0.717) is 5.11 Å². The van der Waals surface area contributed by atoms with Gasteiger partial charge >= 0.3 is 0 Å². The molecule has 12 heavy (non-hydrogen) atoms. The fraction of sp³-hybridized carbons (Fsp3) is 0. The summed E-state index contributed by atoms with van der Waals surface area (Å²) in [7, 11) is 0. The first-order valence-corrected chi connectivity index (χ1v) is 4.89. The summed E-state index contributed by atoms with van der Waals surface area (Å²) in [5, 5.41) is 4.40. The number of benzene rings is 1. The van der Waals surface area contributed by atoms with Gasteiger partial charge in [-0.1, -0.05) is 11.6 Å². The third-order valence-corrected chi connectivity index (χ3v) is 2.88. The van der Waals surface area contributed by atoms with Crippen LogP contribution in [0.3, 0.4) is 0 Å². The molecular weight excluding hydrogens is 212 g/mol. The van der Waals surface area contributed by atoms with Crippen LogP contribution in [0.5, 0.6) is 0 Å². The zero-order chi connectivity index (χ0) is 8.55. The topological polar surface area (TPSA) is 24.1 Å². The monoisotopic (exact) mass is 216 g/mol. The maximum Gasteiger partial charge on any atom is 0.181 e. The van der Waals surface area contributed by atoms with Crippen molar-refractivity contribution >= 4 is 46.6 Å². The molecular formula is C7H5ClN2S2. The third kappa shape index (κ3) is 1.50. The maximum atomic E-state index is 5.81. The molecule has 1 aromatic rings. The van der Waals surface area contributed by atoms with E-state index in [-0.39, 0.29) is 0 Å². The highest BCUT2D eigenvalue weighted by Gasteiger charge is 2.11. The van der Waals surface area contributed by atoms with Gasteiger partial charge in [0.15, 0.2) is 5.11 Å². The number of fused-ring (bicyclic) bond motifs is 1. The van der Waals surface area contributed by atoms with E-state index in [1.807, 2.05) is 18.2 Å². The number of rotatable bonds is 0. The van der Waals surface area contributed by atoms with Crippen LogP contribution in [0.15, 0.2) is 23.1 Å². The predicted octanol–water partition coefficient (Wildman–Crippen LogP) is 2.65. The Bertz CT molecular complexity index is 340. The highest BCUT2D eigenvalue weighted by atomic mass is 35.5. The summed E-state index contributed by atoms with van der Waals surface area (Å²) in [4.78, 5) is 1.07. The summed E-state index contributed by atoms with van der Waals surface area (Å²) in [5.41, 5.74) is 1.01. The van der Waals surface area contributed by atoms with Crippen molar-refractivity contribution in [1.82, 2.24) is 4.72 Å². The lowest BCUT2D eigenvalue weighted by molar-refractivity contribution is 1.36. The number of thiocarbonyl (C=S) groups is 1. The highest BCUT2D eigenvalue weighted by molar-refractivity contribution is 7.99. The van der Waals surface area contributed by atoms with Gasteiger partial charge in [-0.2, -0.15) is 0 Å². The molecule has 0 spiro atoms. The molecule has 1 aliphatic rings. The lowest BCUT2D eigenvalue weighted by Crippen LogP contribution is -2.26. The Kier molecular flexibility index (Phi) is 2.12. The SMILES string of the molecule is S=C1NSc2cc(Cl)ccc2N1. The van der Waals surface area contributed by atoms with Crippen LogP contribution in [0.2, 0.25) is 5.02 Å². The lowest BCUT2D eigenvalue weighted by Gasteiger charge is -2.18. The van der Waals surface area contributed by atoms with Gasteiger partial charge in [0.05, 0.1) is 10.6 Å². The summed E-state index contributed by atoms with van der Waals surface area (Å²) in [5.74, 6) is 0. The van der Waals surface area contributed by atoms with Crippen LogP contribution in [0.25, 0.3) is 0 Å². The van der Waals surface area contributed by atoms with Crippen molar-refractivity contribution < 1.29 is 0 Å². The predicted molar refractivity (Wildman–Crippen MR) is 56.7 cm³/mol. The van der Waals surface area contributed by atoms with Crippen molar-refractivity contribution in [3.8, 4) is 0 Å². The van der Waals surface area contributed by atoms with Crippen molar-refractivity contribution in [3.05, 3.63) is 23.2 Å². The largest absolute Gasteiger partial charge is 0.331 e. The fourth-order valence-corrected chi connectivity index (χ4v) is 2.07. The minimum Gasteiger partial charge on any atom is -0.331 e. The molecule has 0 aliphatic carbocycles. The molecule has 2 nitrogen and oxygen atoms in total. The Morgan fingerprint density at radius 1 is 1.42 bits per heavy atom. The zero-order valence-electron chi connectivity index (χ0n) is 5.93. The van der Waals surface area contributed by atoms with Gasteiger partial charge < -0.3 is 10.0 Å². The Hall–Kier alpha value is -0.450.